The van der Waals surface area contributed by atoms with Crippen molar-refractivity contribution in [1.29, 1.82) is 0 Å². The SMILES string of the molecule is Fc1ccc(C2(CN=C(NCCc3ccco3)NCC3CCOC3)CC2)c(Cl)c1.I. The van der Waals surface area contributed by atoms with Crippen LogP contribution in [-0.4, -0.2) is 38.8 Å². The molecule has 164 valence electrons. The van der Waals surface area contributed by atoms with Crippen LogP contribution in [0.4, 0.5) is 4.39 Å². The number of furan rings is 1. The lowest BCUT2D eigenvalue weighted by Crippen LogP contribution is -2.41. The standard InChI is InChI=1S/C22H27ClFN3O2.HI/c23-20-12-17(24)3-4-19(20)22(7-8-22)15-27-21(26-13-16-6-11-28-14-16)25-9-5-18-2-1-10-29-18;/h1-4,10,12,16H,5-9,11,13-15H2,(H2,25,26,27);1H. The molecule has 0 amide bonds. The van der Waals surface area contributed by atoms with Crippen molar-refractivity contribution in [3.8, 4) is 0 Å². The van der Waals surface area contributed by atoms with Crippen LogP contribution in [0.25, 0.3) is 0 Å². The van der Waals surface area contributed by atoms with Crippen molar-refractivity contribution < 1.29 is 13.5 Å². The van der Waals surface area contributed by atoms with E-state index in [1.807, 2.05) is 12.1 Å². The lowest BCUT2D eigenvalue weighted by atomic mass is 9.96. The molecule has 1 atom stereocenters. The predicted molar refractivity (Wildman–Crippen MR) is 127 cm³/mol. The van der Waals surface area contributed by atoms with Crippen LogP contribution in [0.15, 0.2) is 46.0 Å². The number of hydrogen-bond acceptors (Lipinski definition) is 3. The highest BCUT2D eigenvalue weighted by Crippen LogP contribution is 2.50. The molecular weight excluding hydrogens is 520 g/mol. The highest BCUT2D eigenvalue weighted by atomic mass is 127. The summed E-state index contributed by atoms with van der Waals surface area (Å²) in [7, 11) is 0. The summed E-state index contributed by atoms with van der Waals surface area (Å²) < 4.78 is 24.3. The summed E-state index contributed by atoms with van der Waals surface area (Å²) in [6.45, 7) is 3.80. The maximum atomic E-state index is 13.4. The third-order valence-corrected chi connectivity index (χ3v) is 6.03. The molecule has 1 aliphatic carbocycles. The third kappa shape index (κ3) is 6.11. The van der Waals surface area contributed by atoms with Gasteiger partial charge in [0, 0.05) is 42.5 Å². The number of halogens is 3. The van der Waals surface area contributed by atoms with Crippen molar-refractivity contribution in [2.75, 3.05) is 32.8 Å². The maximum absolute atomic E-state index is 13.4. The van der Waals surface area contributed by atoms with Gasteiger partial charge in [0.1, 0.15) is 11.6 Å². The largest absolute Gasteiger partial charge is 0.469 e. The topological polar surface area (TPSA) is 58.8 Å². The molecule has 2 aliphatic rings. The molecular formula is C22H28ClFIN3O2. The zero-order chi connectivity index (χ0) is 20.1. The molecule has 1 saturated carbocycles. The molecule has 1 aliphatic heterocycles. The molecule has 5 nitrogen and oxygen atoms in total. The van der Waals surface area contributed by atoms with Gasteiger partial charge in [-0.25, -0.2) is 4.39 Å². The van der Waals surface area contributed by atoms with Crippen molar-refractivity contribution >= 4 is 41.5 Å². The Morgan fingerprint density at radius 2 is 2.13 bits per heavy atom. The van der Waals surface area contributed by atoms with Crippen LogP contribution in [0.1, 0.15) is 30.6 Å². The fourth-order valence-electron chi connectivity index (χ4n) is 3.73. The molecule has 8 heteroatoms. The minimum atomic E-state index is -0.307. The molecule has 0 spiro atoms. The molecule has 0 bridgehead atoms. The van der Waals surface area contributed by atoms with E-state index in [2.05, 4.69) is 10.6 Å². The Labute approximate surface area is 198 Å². The number of ether oxygens (including phenoxy) is 1. The number of nitrogens with one attached hydrogen (secondary N) is 2. The van der Waals surface area contributed by atoms with Gasteiger partial charge in [-0.1, -0.05) is 17.7 Å². The lowest BCUT2D eigenvalue weighted by Gasteiger charge is -2.18. The summed E-state index contributed by atoms with van der Waals surface area (Å²) in [5.41, 5.74) is 0.903. The molecule has 1 unspecified atom stereocenters. The number of hydrogen-bond donors (Lipinski definition) is 2. The number of nitrogens with zero attached hydrogens (tertiary/aromatic N) is 1. The quantitative estimate of drug-likeness (QED) is 0.290. The second-order valence-electron chi connectivity index (χ2n) is 7.94. The minimum Gasteiger partial charge on any atom is -0.469 e. The van der Waals surface area contributed by atoms with Crippen LogP contribution in [0.5, 0.6) is 0 Å². The summed E-state index contributed by atoms with van der Waals surface area (Å²) in [4.78, 5) is 4.85. The van der Waals surface area contributed by atoms with Gasteiger partial charge in [0.05, 0.1) is 19.4 Å². The fourth-order valence-corrected chi connectivity index (χ4v) is 4.10. The van der Waals surface area contributed by atoms with Crippen molar-refractivity contribution in [2.45, 2.75) is 31.1 Å². The van der Waals surface area contributed by atoms with E-state index in [1.165, 1.54) is 12.1 Å². The number of aliphatic imine (C=N–C) groups is 1. The number of guanidine groups is 1. The Balaban J connectivity index is 0.00000256. The van der Waals surface area contributed by atoms with Crippen LogP contribution in [-0.2, 0) is 16.6 Å². The van der Waals surface area contributed by atoms with Crippen molar-refractivity contribution in [1.82, 2.24) is 10.6 Å². The van der Waals surface area contributed by atoms with E-state index in [9.17, 15) is 4.39 Å². The smallest absolute Gasteiger partial charge is 0.191 e. The van der Waals surface area contributed by atoms with Gasteiger partial charge in [-0.15, -0.1) is 24.0 Å². The lowest BCUT2D eigenvalue weighted by molar-refractivity contribution is 0.186. The summed E-state index contributed by atoms with van der Waals surface area (Å²) in [5.74, 6) is 1.93. The van der Waals surface area contributed by atoms with Crippen LogP contribution < -0.4 is 10.6 Å². The molecule has 2 aromatic rings. The van der Waals surface area contributed by atoms with Crippen LogP contribution in [0.2, 0.25) is 5.02 Å². The average Bonchev–Trinajstić information content (AvgIpc) is 3.10. The van der Waals surface area contributed by atoms with Gasteiger partial charge in [-0.3, -0.25) is 4.99 Å². The minimum absolute atomic E-state index is 0. The summed E-state index contributed by atoms with van der Waals surface area (Å²) in [6.07, 6.45) is 5.57. The molecule has 4 rings (SSSR count). The van der Waals surface area contributed by atoms with Crippen LogP contribution >= 0.6 is 35.6 Å². The summed E-state index contributed by atoms with van der Waals surface area (Å²) in [5, 5.41) is 7.34. The molecule has 1 aromatic heterocycles. The van der Waals surface area contributed by atoms with E-state index in [0.717, 1.165) is 69.3 Å². The molecule has 2 N–H and O–H groups in total. The first kappa shape index (κ1) is 23.3. The van der Waals surface area contributed by atoms with Gasteiger partial charge >= 0.3 is 0 Å². The molecule has 2 fully saturated rings. The first-order chi connectivity index (χ1) is 14.1. The van der Waals surface area contributed by atoms with Gasteiger partial charge in [0.15, 0.2) is 5.96 Å². The monoisotopic (exact) mass is 547 g/mol. The highest BCUT2D eigenvalue weighted by Gasteiger charge is 2.45. The fraction of sp³-hybridized carbons (Fsp3) is 0.500. The Morgan fingerprint density at radius 1 is 1.27 bits per heavy atom. The van der Waals surface area contributed by atoms with E-state index in [0.29, 0.717) is 17.5 Å². The van der Waals surface area contributed by atoms with Gasteiger partial charge in [-0.2, -0.15) is 0 Å². The molecule has 30 heavy (non-hydrogen) atoms. The van der Waals surface area contributed by atoms with E-state index >= 15 is 0 Å². The van der Waals surface area contributed by atoms with Crippen molar-refractivity contribution in [3.05, 3.63) is 58.8 Å². The van der Waals surface area contributed by atoms with Crippen molar-refractivity contribution in [3.63, 3.8) is 0 Å². The zero-order valence-corrected chi connectivity index (χ0v) is 19.9. The van der Waals surface area contributed by atoms with E-state index in [-0.39, 0.29) is 35.2 Å². The number of benzene rings is 1. The second kappa shape index (κ2) is 10.8. The van der Waals surface area contributed by atoms with Crippen molar-refractivity contribution in [2.24, 2.45) is 10.9 Å². The molecule has 1 aromatic carbocycles. The number of rotatable bonds is 8. The Hall–Kier alpha value is -1.32. The van der Waals surface area contributed by atoms with E-state index in [4.69, 9.17) is 25.7 Å². The van der Waals surface area contributed by atoms with Gasteiger partial charge in [0.25, 0.3) is 0 Å². The molecule has 2 heterocycles. The maximum Gasteiger partial charge on any atom is 0.191 e. The Bertz CT molecular complexity index is 837. The van der Waals surface area contributed by atoms with Gasteiger partial charge in [0.2, 0.25) is 0 Å². The average molecular weight is 548 g/mol. The van der Waals surface area contributed by atoms with Gasteiger partial charge < -0.3 is 19.8 Å². The normalized spacial score (nSPS) is 19.9. The zero-order valence-electron chi connectivity index (χ0n) is 16.8. The third-order valence-electron chi connectivity index (χ3n) is 5.72. The Kier molecular flexibility index (Phi) is 8.42. The second-order valence-corrected chi connectivity index (χ2v) is 8.34. The summed E-state index contributed by atoms with van der Waals surface area (Å²) >= 11 is 6.31. The van der Waals surface area contributed by atoms with Crippen LogP contribution in [0, 0.1) is 11.7 Å². The first-order valence-electron chi connectivity index (χ1n) is 10.2. The van der Waals surface area contributed by atoms with E-state index < -0.39 is 0 Å². The predicted octanol–water partition coefficient (Wildman–Crippen LogP) is 4.54. The summed E-state index contributed by atoms with van der Waals surface area (Å²) in [6, 6.07) is 8.53. The molecule has 1 saturated heterocycles. The molecule has 0 radical (unpaired) electrons. The van der Waals surface area contributed by atoms with Gasteiger partial charge in [-0.05, 0) is 49.1 Å². The Morgan fingerprint density at radius 3 is 2.80 bits per heavy atom. The van der Waals surface area contributed by atoms with E-state index in [1.54, 1.807) is 12.3 Å². The first-order valence-corrected chi connectivity index (χ1v) is 10.6. The van der Waals surface area contributed by atoms with Crippen LogP contribution in [0.3, 0.4) is 0 Å². The highest BCUT2D eigenvalue weighted by molar-refractivity contribution is 14.0.